The monoisotopic (exact) mass is 200 g/mol. The second-order valence-corrected chi connectivity index (χ2v) is 4.91. The van der Waals surface area contributed by atoms with E-state index < -0.39 is 0 Å². The first-order valence-corrected chi connectivity index (χ1v) is 5.89. The van der Waals surface area contributed by atoms with Crippen LogP contribution in [0.1, 0.15) is 53.4 Å². The molecule has 84 valence electrons. The average Bonchev–Trinajstić information content (AvgIpc) is 2.41. The Hall–Kier alpha value is -0.0800. The first kappa shape index (κ1) is 12.0. The Morgan fingerprint density at radius 1 is 1.29 bits per heavy atom. The summed E-state index contributed by atoms with van der Waals surface area (Å²) in [5, 5.41) is 9.28. The quantitative estimate of drug-likeness (QED) is 0.705. The molecule has 2 saturated heterocycles. The normalized spacial score (nSPS) is 45.6. The second-order valence-electron chi connectivity index (χ2n) is 4.91. The summed E-state index contributed by atoms with van der Waals surface area (Å²) in [6, 6.07) is 0. The van der Waals surface area contributed by atoms with Gasteiger partial charge in [-0.15, -0.1) is 0 Å². The number of aliphatic hydroxyl groups excluding tert-OH is 1. The van der Waals surface area contributed by atoms with E-state index in [1.165, 1.54) is 0 Å². The van der Waals surface area contributed by atoms with Crippen LogP contribution in [0.5, 0.6) is 0 Å². The van der Waals surface area contributed by atoms with E-state index in [0.717, 1.165) is 25.7 Å². The maximum atomic E-state index is 9.28. The van der Waals surface area contributed by atoms with E-state index in [4.69, 9.17) is 4.74 Å². The topological polar surface area (TPSA) is 29.5 Å². The minimum absolute atomic E-state index is 0.0698. The van der Waals surface area contributed by atoms with Gasteiger partial charge in [-0.1, -0.05) is 20.8 Å². The highest BCUT2D eigenvalue weighted by Gasteiger charge is 2.51. The molecule has 0 aromatic carbocycles. The lowest BCUT2D eigenvalue weighted by molar-refractivity contribution is -0.162. The maximum absolute atomic E-state index is 9.28. The molecule has 3 atom stereocenters. The van der Waals surface area contributed by atoms with Crippen molar-refractivity contribution < 1.29 is 9.84 Å². The molecule has 0 saturated carbocycles. The zero-order valence-corrected chi connectivity index (χ0v) is 9.97. The molecule has 0 aromatic heterocycles. The van der Waals surface area contributed by atoms with Crippen molar-refractivity contribution in [3.8, 4) is 0 Å². The largest absolute Gasteiger partial charge is 0.393 e. The molecular formula is C12H24O2. The number of aliphatic hydroxyl groups is 1. The first-order chi connectivity index (χ1) is 6.58. The molecule has 0 amide bonds. The molecule has 2 bridgehead atoms. The van der Waals surface area contributed by atoms with Crippen LogP contribution in [0.4, 0.5) is 0 Å². The molecule has 2 nitrogen and oxygen atoms in total. The van der Waals surface area contributed by atoms with Crippen molar-refractivity contribution in [2.24, 2.45) is 5.92 Å². The summed E-state index contributed by atoms with van der Waals surface area (Å²) in [7, 11) is 0. The van der Waals surface area contributed by atoms with Crippen molar-refractivity contribution in [3.63, 3.8) is 0 Å². The first-order valence-electron chi connectivity index (χ1n) is 5.89. The summed E-state index contributed by atoms with van der Waals surface area (Å²) in [6.45, 7) is 8.64. The Kier molecular flexibility index (Phi) is 3.59. The molecule has 2 fully saturated rings. The Bertz CT molecular complexity index is 193. The lowest BCUT2D eigenvalue weighted by Crippen LogP contribution is -2.44. The summed E-state index contributed by atoms with van der Waals surface area (Å²) in [4.78, 5) is 0. The van der Waals surface area contributed by atoms with E-state index in [0.29, 0.717) is 5.92 Å². The third kappa shape index (κ3) is 2.12. The predicted molar refractivity (Wildman–Crippen MR) is 58.3 cm³/mol. The van der Waals surface area contributed by atoms with Crippen LogP contribution < -0.4 is 0 Å². The molecule has 14 heavy (non-hydrogen) atoms. The smallest absolute Gasteiger partial charge is 0.0923 e. The molecule has 1 unspecified atom stereocenters. The Morgan fingerprint density at radius 3 is 2.50 bits per heavy atom. The highest BCUT2D eigenvalue weighted by molar-refractivity contribution is 5.01. The van der Waals surface area contributed by atoms with Crippen LogP contribution in [0.15, 0.2) is 0 Å². The fourth-order valence-corrected chi connectivity index (χ4v) is 3.02. The van der Waals surface area contributed by atoms with Gasteiger partial charge in [0.15, 0.2) is 0 Å². The van der Waals surface area contributed by atoms with Gasteiger partial charge in [0.2, 0.25) is 0 Å². The predicted octanol–water partition coefficient (Wildman–Crippen LogP) is 2.74. The van der Waals surface area contributed by atoms with E-state index in [-0.39, 0.29) is 17.8 Å². The fourth-order valence-electron chi connectivity index (χ4n) is 3.02. The van der Waals surface area contributed by atoms with Gasteiger partial charge in [0, 0.05) is 0 Å². The SMILES string of the molecule is CC.CC1C[C@@]2(C)CC[C@@](CO)(C1)O2. The van der Waals surface area contributed by atoms with Crippen molar-refractivity contribution in [2.45, 2.75) is 64.6 Å². The molecule has 0 aromatic rings. The minimum Gasteiger partial charge on any atom is -0.393 e. The van der Waals surface area contributed by atoms with Crippen LogP contribution >= 0.6 is 0 Å². The van der Waals surface area contributed by atoms with Gasteiger partial charge in [-0.05, 0) is 38.5 Å². The van der Waals surface area contributed by atoms with Gasteiger partial charge >= 0.3 is 0 Å². The molecule has 1 N–H and O–H groups in total. The van der Waals surface area contributed by atoms with Gasteiger partial charge in [-0.3, -0.25) is 0 Å². The molecule has 2 aliphatic rings. The maximum Gasteiger partial charge on any atom is 0.0923 e. The number of hydrogen-bond acceptors (Lipinski definition) is 2. The van der Waals surface area contributed by atoms with Gasteiger partial charge in [0.05, 0.1) is 17.8 Å². The Balaban J connectivity index is 0.000000461. The molecule has 2 rings (SSSR count). The van der Waals surface area contributed by atoms with Crippen LogP contribution in [0.25, 0.3) is 0 Å². The van der Waals surface area contributed by atoms with Gasteiger partial charge < -0.3 is 9.84 Å². The lowest BCUT2D eigenvalue weighted by atomic mass is 9.86. The van der Waals surface area contributed by atoms with Crippen LogP contribution in [-0.2, 0) is 4.74 Å². The third-order valence-electron chi connectivity index (χ3n) is 3.36. The Morgan fingerprint density at radius 2 is 1.93 bits per heavy atom. The van der Waals surface area contributed by atoms with Crippen molar-refractivity contribution >= 4 is 0 Å². The minimum atomic E-state index is -0.174. The lowest BCUT2D eigenvalue weighted by Gasteiger charge is -2.40. The summed E-state index contributed by atoms with van der Waals surface area (Å²) in [5.41, 5.74) is -0.104. The number of rotatable bonds is 1. The Labute approximate surface area is 87.7 Å². The standard InChI is InChI=1S/C10H18O2.C2H6/c1-8-5-9(2)3-4-10(6-8,7-11)12-9;1-2/h8,11H,3-7H2,1-2H3;1-2H3/t8?,9-,10+;/m1./s1. The van der Waals surface area contributed by atoms with Crippen LogP contribution in [0.3, 0.4) is 0 Å². The van der Waals surface area contributed by atoms with Crippen LogP contribution in [-0.4, -0.2) is 22.9 Å². The van der Waals surface area contributed by atoms with E-state index >= 15 is 0 Å². The summed E-state index contributed by atoms with van der Waals surface area (Å²) in [5.74, 6) is 0.707. The van der Waals surface area contributed by atoms with Gasteiger partial charge in [-0.2, -0.15) is 0 Å². The number of hydrogen-bond donors (Lipinski definition) is 1. The summed E-state index contributed by atoms with van der Waals surface area (Å²) < 4.78 is 5.94. The van der Waals surface area contributed by atoms with Crippen molar-refractivity contribution in [2.75, 3.05) is 6.61 Å². The van der Waals surface area contributed by atoms with E-state index in [1.807, 2.05) is 13.8 Å². The average molecular weight is 200 g/mol. The van der Waals surface area contributed by atoms with Gasteiger partial charge in [0.25, 0.3) is 0 Å². The molecule has 2 heterocycles. The van der Waals surface area contributed by atoms with Gasteiger partial charge in [-0.25, -0.2) is 0 Å². The van der Waals surface area contributed by atoms with E-state index in [1.54, 1.807) is 0 Å². The van der Waals surface area contributed by atoms with Crippen molar-refractivity contribution in [1.29, 1.82) is 0 Å². The molecule has 0 spiro atoms. The van der Waals surface area contributed by atoms with Gasteiger partial charge in [0.1, 0.15) is 0 Å². The third-order valence-corrected chi connectivity index (χ3v) is 3.36. The number of ether oxygens (including phenoxy) is 1. The highest BCUT2D eigenvalue weighted by Crippen LogP contribution is 2.49. The van der Waals surface area contributed by atoms with E-state index in [9.17, 15) is 5.11 Å². The molecule has 0 aliphatic carbocycles. The molecule has 2 aliphatic heterocycles. The summed E-state index contributed by atoms with van der Waals surface area (Å²) >= 11 is 0. The second kappa shape index (κ2) is 4.19. The fraction of sp³-hybridized carbons (Fsp3) is 1.00. The number of fused-ring (bicyclic) bond motifs is 2. The molecular weight excluding hydrogens is 176 g/mol. The van der Waals surface area contributed by atoms with Crippen molar-refractivity contribution in [3.05, 3.63) is 0 Å². The van der Waals surface area contributed by atoms with Crippen LogP contribution in [0.2, 0.25) is 0 Å². The van der Waals surface area contributed by atoms with Crippen LogP contribution in [0, 0.1) is 5.92 Å². The molecule has 2 heteroatoms. The zero-order chi connectivity index (χ0) is 10.8. The zero-order valence-electron chi connectivity index (χ0n) is 9.97. The van der Waals surface area contributed by atoms with Crippen molar-refractivity contribution in [1.82, 2.24) is 0 Å². The highest BCUT2D eigenvalue weighted by atomic mass is 16.5. The summed E-state index contributed by atoms with van der Waals surface area (Å²) in [6.07, 6.45) is 4.37. The van der Waals surface area contributed by atoms with E-state index in [2.05, 4.69) is 13.8 Å². The molecule has 0 radical (unpaired) electrons.